The van der Waals surface area contributed by atoms with Crippen molar-refractivity contribution in [2.75, 3.05) is 17.7 Å². The molecule has 5 rings (SSSR count). The van der Waals surface area contributed by atoms with Crippen LogP contribution < -0.4 is 15.4 Å². The van der Waals surface area contributed by atoms with Gasteiger partial charge in [0.25, 0.3) is 0 Å². The highest BCUT2D eigenvalue weighted by atomic mass is 32.1. The van der Waals surface area contributed by atoms with E-state index in [0.717, 1.165) is 41.2 Å². The molecule has 158 valence electrons. The number of anilines is 2. The van der Waals surface area contributed by atoms with Crippen LogP contribution in [0.5, 0.6) is 5.75 Å². The Morgan fingerprint density at radius 3 is 2.48 bits per heavy atom. The molecule has 0 spiro atoms. The summed E-state index contributed by atoms with van der Waals surface area (Å²) in [6.45, 7) is 2.17. The average molecular weight is 431 g/mol. The van der Waals surface area contributed by atoms with Crippen LogP contribution in [-0.4, -0.2) is 12.9 Å². The molecule has 4 nitrogen and oxygen atoms in total. The van der Waals surface area contributed by atoms with Gasteiger partial charge in [0.2, 0.25) is 0 Å². The van der Waals surface area contributed by atoms with E-state index in [-0.39, 0.29) is 17.7 Å². The van der Waals surface area contributed by atoms with Crippen LogP contribution in [0.4, 0.5) is 11.4 Å². The smallest absolute Gasteiger partial charge is 0.163 e. The Morgan fingerprint density at radius 2 is 1.77 bits per heavy atom. The van der Waals surface area contributed by atoms with Crippen LogP contribution in [0.1, 0.15) is 47.0 Å². The molecular formula is C26H26N2O2S. The minimum absolute atomic E-state index is 0.124. The molecule has 1 aliphatic heterocycles. The summed E-state index contributed by atoms with van der Waals surface area (Å²) in [4.78, 5) is 16.1. The number of rotatable bonds is 4. The topological polar surface area (TPSA) is 50.4 Å². The molecule has 1 aromatic heterocycles. The van der Waals surface area contributed by atoms with E-state index in [1.54, 1.807) is 18.4 Å². The Morgan fingerprint density at radius 1 is 1.00 bits per heavy atom. The molecule has 0 saturated heterocycles. The summed E-state index contributed by atoms with van der Waals surface area (Å²) in [5.74, 6) is 1.21. The van der Waals surface area contributed by atoms with Gasteiger partial charge in [0.15, 0.2) is 5.78 Å². The van der Waals surface area contributed by atoms with E-state index < -0.39 is 0 Å². The summed E-state index contributed by atoms with van der Waals surface area (Å²) in [5, 5.41) is 7.28. The van der Waals surface area contributed by atoms with Crippen molar-refractivity contribution in [3.63, 3.8) is 0 Å². The molecule has 2 N–H and O–H groups in total. The van der Waals surface area contributed by atoms with Gasteiger partial charge in [0.05, 0.1) is 24.5 Å². The predicted octanol–water partition coefficient (Wildman–Crippen LogP) is 6.30. The average Bonchev–Trinajstić information content (AvgIpc) is 3.21. The molecule has 0 radical (unpaired) electrons. The number of thiophene rings is 1. The number of fused-ring (bicyclic) bond motifs is 1. The number of para-hydroxylation sites is 2. The molecule has 2 atom stereocenters. The van der Waals surface area contributed by atoms with Gasteiger partial charge in [0.1, 0.15) is 5.75 Å². The van der Waals surface area contributed by atoms with E-state index in [1.807, 2.05) is 24.3 Å². The van der Waals surface area contributed by atoms with Gasteiger partial charge in [-0.3, -0.25) is 4.79 Å². The van der Waals surface area contributed by atoms with Crippen LogP contribution in [0, 0.1) is 0 Å². The lowest BCUT2D eigenvalue weighted by atomic mass is 9.79. The second-order valence-corrected chi connectivity index (χ2v) is 9.30. The highest BCUT2D eigenvalue weighted by Crippen LogP contribution is 2.45. The number of ether oxygens (including phenoxy) is 1. The van der Waals surface area contributed by atoms with Crippen LogP contribution in [0.3, 0.4) is 0 Å². The SMILES string of the molecule is CCc1ccc([C@@H]2Nc3ccccc3NC3=C2C(=O)C[C@@H](c2ccc(OC)cc2)C3)s1. The molecule has 31 heavy (non-hydrogen) atoms. The maximum Gasteiger partial charge on any atom is 0.163 e. The van der Waals surface area contributed by atoms with Gasteiger partial charge in [-0.1, -0.05) is 31.2 Å². The fourth-order valence-electron chi connectivity index (χ4n) is 4.56. The number of carbonyl (C=O) groups excluding carboxylic acids is 1. The fourth-order valence-corrected chi connectivity index (χ4v) is 5.57. The maximum absolute atomic E-state index is 13.5. The van der Waals surface area contributed by atoms with E-state index >= 15 is 0 Å². The Bertz CT molecular complexity index is 1150. The third kappa shape index (κ3) is 3.74. The highest BCUT2D eigenvalue weighted by molar-refractivity contribution is 7.12. The first-order valence-electron chi connectivity index (χ1n) is 10.8. The standard InChI is InChI=1S/C26H26N2O2S/c1-3-19-12-13-24(31-19)26-25-22(27-20-6-4-5-7-21(20)28-26)14-17(15-23(25)29)16-8-10-18(30-2)11-9-16/h4-13,17,26-28H,3,14-15H2,1-2H3/t17-,26-/m0/s1. The zero-order chi connectivity index (χ0) is 21.4. The number of aryl methyl sites for hydroxylation is 1. The Hall–Kier alpha value is -3.05. The minimum Gasteiger partial charge on any atom is -0.497 e. The molecule has 5 heteroatoms. The number of methoxy groups -OCH3 is 1. The van der Waals surface area contributed by atoms with E-state index in [9.17, 15) is 4.79 Å². The Kier molecular flexibility index (Phi) is 5.28. The lowest BCUT2D eigenvalue weighted by Crippen LogP contribution is -2.26. The zero-order valence-electron chi connectivity index (χ0n) is 17.8. The quantitative estimate of drug-likeness (QED) is 0.510. The van der Waals surface area contributed by atoms with E-state index in [2.05, 4.69) is 54.0 Å². The van der Waals surface area contributed by atoms with Crippen LogP contribution in [-0.2, 0) is 11.2 Å². The number of benzene rings is 2. The molecule has 0 unspecified atom stereocenters. The summed E-state index contributed by atoms with van der Waals surface area (Å²) in [6.07, 6.45) is 2.34. The van der Waals surface area contributed by atoms with Crippen molar-refractivity contribution in [1.82, 2.24) is 0 Å². The first kappa shape index (κ1) is 19.9. The second kappa shape index (κ2) is 8.23. The largest absolute Gasteiger partial charge is 0.497 e. The van der Waals surface area contributed by atoms with Crippen LogP contribution in [0.25, 0.3) is 0 Å². The second-order valence-electron chi connectivity index (χ2n) is 8.10. The Balaban J connectivity index is 1.56. The summed E-state index contributed by atoms with van der Waals surface area (Å²) in [5.41, 5.74) is 5.14. The summed E-state index contributed by atoms with van der Waals surface area (Å²) < 4.78 is 5.30. The van der Waals surface area contributed by atoms with Gasteiger partial charge in [-0.2, -0.15) is 0 Å². The number of carbonyl (C=O) groups is 1. The molecule has 3 aromatic rings. The fraction of sp³-hybridized carbons (Fsp3) is 0.269. The first-order valence-corrected chi connectivity index (χ1v) is 11.6. The number of hydrogen-bond acceptors (Lipinski definition) is 5. The molecule has 0 bridgehead atoms. The van der Waals surface area contributed by atoms with Crippen molar-refractivity contribution >= 4 is 28.5 Å². The third-order valence-corrected chi connectivity index (χ3v) is 7.51. The molecule has 0 fully saturated rings. The van der Waals surface area contributed by atoms with Gasteiger partial charge in [0, 0.05) is 27.4 Å². The Labute approximate surface area is 187 Å². The van der Waals surface area contributed by atoms with Crippen LogP contribution >= 0.6 is 11.3 Å². The van der Waals surface area contributed by atoms with Crippen LogP contribution in [0.2, 0.25) is 0 Å². The molecule has 0 amide bonds. The van der Waals surface area contributed by atoms with E-state index in [0.29, 0.717) is 6.42 Å². The van der Waals surface area contributed by atoms with Gasteiger partial charge < -0.3 is 15.4 Å². The number of nitrogens with one attached hydrogen (secondary N) is 2. The van der Waals surface area contributed by atoms with E-state index in [1.165, 1.54) is 15.3 Å². The van der Waals surface area contributed by atoms with Gasteiger partial charge >= 0.3 is 0 Å². The molecule has 2 heterocycles. The molecule has 2 aliphatic rings. The summed E-state index contributed by atoms with van der Waals surface area (Å²) in [6, 6.07) is 20.5. The minimum atomic E-state index is -0.124. The monoisotopic (exact) mass is 430 g/mol. The van der Waals surface area contributed by atoms with Crippen molar-refractivity contribution in [2.45, 2.75) is 38.1 Å². The van der Waals surface area contributed by atoms with Gasteiger partial charge in [-0.25, -0.2) is 0 Å². The van der Waals surface area contributed by atoms with E-state index in [4.69, 9.17) is 4.74 Å². The van der Waals surface area contributed by atoms with Crippen molar-refractivity contribution in [1.29, 1.82) is 0 Å². The van der Waals surface area contributed by atoms with Crippen LogP contribution in [0.15, 0.2) is 71.9 Å². The molecule has 0 saturated carbocycles. The highest BCUT2D eigenvalue weighted by Gasteiger charge is 2.36. The molecular weight excluding hydrogens is 404 g/mol. The lowest BCUT2D eigenvalue weighted by Gasteiger charge is -2.29. The zero-order valence-corrected chi connectivity index (χ0v) is 18.6. The normalized spacial score (nSPS) is 20.3. The number of ketones is 1. The molecule has 2 aromatic carbocycles. The van der Waals surface area contributed by atoms with Gasteiger partial charge in [-0.15, -0.1) is 11.3 Å². The third-order valence-electron chi connectivity index (χ3n) is 6.21. The lowest BCUT2D eigenvalue weighted by molar-refractivity contribution is -0.116. The molecule has 1 aliphatic carbocycles. The number of allylic oxidation sites excluding steroid dienone is 1. The summed E-state index contributed by atoms with van der Waals surface area (Å²) in [7, 11) is 1.67. The van der Waals surface area contributed by atoms with Crippen molar-refractivity contribution in [2.24, 2.45) is 0 Å². The maximum atomic E-state index is 13.5. The first-order chi connectivity index (χ1) is 15.2. The van der Waals surface area contributed by atoms with Crippen molar-refractivity contribution in [3.05, 3.63) is 87.3 Å². The number of hydrogen-bond donors (Lipinski definition) is 2. The predicted molar refractivity (Wildman–Crippen MR) is 127 cm³/mol. The number of Topliss-reactive ketones (excluding diaryl/α,β-unsaturated/α-hetero) is 1. The van der Waals surface area contributed by atoms with Gasteiger partial charge in [-0.05, 0) is 60.7 Å². The summed E-state index contributed by atoms with van der Waals surface area (Å²) >= 11 is 1.79. The van der Waals surface area contributed by atoms with Crippen molar-refractivity contribution in [3.8, 4) is 5.75 Å². The van der Waals surface area contributed by atoms with Crippen molar-refractivity contribution < 1.29 is 9.53 Å².